The first-order valence-corrected chi connectivity index (χ1v) is 6.34. The number of benzene rings is 1. The molecule has 0 aromatic heterocycles. The fourth-order valence-electron chi connectivity index (χ4n) is 2.11. The van der Waals surface area contributed by atoms with Gasteiger partial charge in [-0.1, -0.05) is 18.5 Å². The summed E-state index contributed by atoms with van der Waals surface area (Å²) < 4.78 is 5.12. The van der Waals surface area contributed by atoms with Crippen molar-refractivity contribution in [1.29, 1.82) is 0 Å². The second kappa shape index (κ2) is 5.59. The van der Waals surface area contributed by atoms with E-state index in [4.69, 9.17) is 16.3 Å². The molecule has 0 saturated carbocycles. The average Bonchev–Trinajstić information content (AvgIpc) is 2.78. The lowest BCUT2D eigenvalue weighted by Crippen LogP contribution is -2.27. The molecule has 2 N–H and O–H groups in total. The molecule has 1 heterocycles. The van der Waals surface area contributed by atoms with E-state index >= 15 is 0 Å². The lowest BCUT2D eigenvalue weighted by molar-refractivity contribution is -0.120. The van der Waals surface area contributed by atoms with Crippen LogP contribution in [-0.2, 0) is 4.79 Å². The smallest absolute Gasteiger partial charge is 0.229 e. The molecule has 1 saturated heterocycles. The number of rotatable bonds is 3. The summed E-state index contributed by atoms with van der Waals surface area (Å²) in [4.78, 5) is 12.1. The number of anilines is 1. The summed E-state index contributed by atoms with van der Waals surface area (Å²) in [5.74, 6) is 1.01. The summed E-state index contributed by atoms with van der Waals surface area (Å²) in [5, 5.41) is 6.59. The molecule has 18 heavy (non-hydrogen) atoms. The van der Waals surface area contributed by atoms with Crippen LogP contribution in [0.2, 0.25) is 5.02 Å². The van der Waals surface area contributed by atoms with E-state index in [1.807, 2.05) is 0 Å². The van der Waals surface area contributed by atoms with Gasteiger partial charge in [0.25, 0.3) is 0 Å². The molecule has 98 valence electrons. The number of amides is 1. The van der Waals surface area contributed by atoms with Crippen molar-refractivity contribution in [3.05, 3.63) is 23.2 Å². The van der Waals surface area contributed by atoms with E-state index in [0.29, 0.717) is 28.9 Å². The maximum atomic E-state index is 12.1. The van der Waals surface area contributed by atoms with E-state index in [1.165, 1.54) is 0 Å². The monoisotopic (exact) mass is 268 g/mol. The average molecular weight is 269 g/mol. The van der Waals surface area contributed by atoms with Crippen molar-refractivity contribution in [1.82, 2.24) is 5.32 Å². The van der Waals surface area contributed by atoms with E-state index in [-0.39, 0.29) is 11.8 Å². The van der Waals surface area contributed by atoms with Crippen molar-refractivity contribution in [2.45, 2.75) is 6.92 Å². The van der Waals surface area contributed by atoms with Gasteiger partial charge in [-0.2, -0.15) is 0 Å². The van der Waals surface area contributed by atoms with E-state index in [9.17, 15) is 4.79 Å². The molecule has 1 aromatic rings. The van der Waals surface area contributed by atoms with Crippen LogP contribution in [0, 0.1) is 11.8 Å². The van der Waals surface area contributed by atoms with Crippen LogP contribution in [0.4, 0.5) is 5.69 Å². The fraction of sp³-hybridized carbons (Fsp3) is 0.462. The minimum Gasteiger partial charge on any atom is -0.497 e. The van der Waals surface area contributed by atoms with Gasteiger partial charge < -0.3 is 15.4 Å². The first-order valence-electron chi connectivity index (χ1n) is 5.97. The van der Waals surface area contributed by atoms with Gasteiger partial charge in [-0.3, -0.25) is 4.79 Å². The topological polar surface area (TPSA) is 50.4 Å². The number of hydrogen-bond acceptors (Lipinski definition) is 3. The Morgan fingerprint density at radius 3 is 2.89 bits per heavy atom. The van der Waals surface area contributed by atoms with E-state index in [2.05, 4.69) is 17.6 Å². The summed E-state index contributed by atoms with van der Waals surface area (Å²) in [5.41, 5.74) is 0.597. The Morgan fingerprint density at radius 1 is 1.50 bits per heavy atom. The van der Waals surface area contributed by atoms with Crippen LogP contribution < -0.4 is 15.4 Å². The van der Waals surface area contributed by atoms with Crippen LogP contribution in [-0.4, -0.2) is 26.1 Å². The molecule has 2 atom stereocenters. The summed E-state index contributed by atoms with van der Waals surface area (Å²) in [6.45, 7) is 3.66. The molecule has 0 bridgehead atoms. The molecule has 5 heteroatoms. The van der Waals surface area contributed by atoms with Gasteiger partial charge in [0.15, 0.2) is 0 Å². The molecule has 2 rings (SSSR count). The number of ether oxygens (including phenoxy) is 1. The first-order chi connectivity index (χ1) is 8.61. The lowest BCUT2D eigenvalue weighted by Gasteiger charge is -2.15. The SMILES string of the molecule is COc1ccc(Cl)c(NC(=O)[C@@H]2CNC[C@H]2C)c1. The minimum atomic E-state index is -0.00716. The van der Waals surface area contributed by atoms with Gasteiger partial charge >= 0.3 is 0 Å². The Balaban J connectivity index is 2.11. The Labute approximate surface area is 112 Å². The predicted molar refractivity (Wildman–Crippen MR) is 72.2 cm³/mol. The number of carbonyl (C=O) groups excluding carboxylic acids is 1. The molecule has 1 aliphatic heterocycles. The second-order valence-electron chi connectivity index (χ2n) is 4.58. The highest BCUT2D eigenvalue weighted by molar-refractivity contribution is 6.33. The maximum absolute atomic E-state index is 12.1. The van der Waals surface area contributed by atoms with Crippen LogP contribution in [0.5, 0.6) is 5.75 Å². The summed E-state index contributed by atoms with van der Waals surface area (Å²) in [6, 6.07) is 5.21. The Morgan fingerprint density at radius 2 is 2.28 bits per heavy atom. The van der Waals surface area contributed by atoms with Gasteiger partial charge in [0.1, 0.15) is 5.75 Å². The molecule has 1 aliphatic rings. The molecule has 0 radical (unpaired) electrons. The van der Waals surface area contributed by atoms with E-state index in [0.717, 1.165) is 6.54 Å². The van der Waals surface area contributed by atoms with E-state index < -0.39 is 0 Å². The molecule has 4 nitrogen and oxygen atoms in total. The number of halogens is 1. The van der Waals surface area contributed by atoms with Crippen LogP contribution in [0.3, 0.4) is 0 Å². The Bertz CT molecular complexity index is 451. The molecule has 0 spiro atoms. The van der Waals surface area contributed by atoms with Crippen molar-refractivity contribution in [2.24, 2.45) is 11.8 Å². The number of carbonyl (C=O) groups is 1. The zero-order chi connectivity index (χ0) is 13.1. The maximum Gasteiger partial charge on any atom is 0.229 e. The van der Waals surface area contributed by atoms with Crippen molar-refractivity contribution in [3.63, 3.8) is 0 Å². The summed E-state index contributed by atoms with van der Waals surface area (Å²) in [7, 11) is 1.58. The predicted octanol–water partition coefficient (Wildman–Crippen LogP) is 2.14. The number of methoxy groups -OCH3 is 1. The van der Waals surface area contributed by atoms with Crippen molar-refractivity contribution in [2.75, 3.05) is 25.5 Å². The molecule has 1 amide bonds. The van der Waals surface area contributed by atoms with Gasteiger partial charge in [-0.05, 0) is 24.6 Å². The van der Waals surface area contributed by atoms with Crippen molar-refractivity contribution < 1.29 is 9.53 Å². The van der Waals surface area contributed by atoms with Gasteiger partial charge in [-0.25, -0.2) is 0 Å². The molecular formula is C13H17ClN2O2. The largest absolute Gasteiger partial charge is 0.497 e. The molecule has 0 aliphatic carbocycles. The third-order valence-electron chi connectivity index (χ3n) is 3.29. The van der Waals surface area contributed by atoms with Gasteiger partial charge in [-0.15, -0.1) is 0 Å². The van der Waals surface area contributed by atoms with Crippen LogP contribution in [0.1, 0.15) is 6.92 Å². The molecule has 0 unspecified atom stereocenters. The minimum absolute atomic E-state index is 0.00246. The molecular weight excluding hydrogens is 252 g/mol. The van der Waals surface area contributed by atoms with Gasteiger partial charge in [0.05, 0.1) is 23.7 Å². The third-order valence-corrected chi connectivity index (χ3v) is 3.62. The summed E-state index contributed by atoms with van der Waals surface area (Å²) >= 11 is 6.05. The fourth-order valence-corrected chi connectivity index (χ4v) is 2.28. The highest BCUT2D eigenvalue weighted by Crippen LogP contribution is 2.28. The van der Waals surface area contributed by atoms with Gasteiger partial charge in [0, 0.05) is 12.6 Å². The Kier molecular flexibility index (Phi) is 4.09. The van der Waals surface area contributed by atoms with Crippen molar-refractivity contribution >= 4 is 23.2 Å². The standard InChI is InChI=1S/C13H17ClN2O2/c1-8-6-15-7-10(8)13(17)16-12-5-9(18-2)3-4-11(12)14/h3-5,8,10,15H,6-7H2,1-2H3,(H,16,17)/t8-,10-/m1/s1. The number of hydrogen-bond donors (Lipinski definition) is 2. The molecule has 1 fully saturated rings. The van der Waals surface area contributed by atoms with E-state index in [1.54, 1.807) is 25.3 Å². The lowest BCUT2D eigenvalue weighted by atomic mass is 9.97. The second-order valence-corrected chi connectivity index (χ2v) is 4.98. The van der Waals surface area contributed by atoms with Gasteiger partial charge in [0.2, 0.25) is 5.91 Å². The van der Waals surface area contributed by atoms with Crippen LogP contribution in [0.15, 0.2) is 18.2 Å². The zero-order valence-electron chi connectivity index (χ0n) is 10.5. The number of nitrogens with one attached hydrogen (secondary N) is 2. The first kappa shape index (κ1) is 13.2. The third kappa shape index (κ3) is 2.76. The van der Waals surface area contributed by atoms with Crippen LogP contribution >= 0.6 is 11.6 Å². The summed E-state index contributed by atoms with van der Waals surface area (Å²) in [6.07, 6.45) is 0. The quantitative estimate of drug-likeness (QED) is 0.883. The zero-order valence-corrected chi connectivity index (χ0v) is 11.3. The molecule has 1 aromatic carbocycles. The normalized spacial score (nSPS) is 22.8. The highest BCUT2D eigenvalue weighted by Gasteiger charge is 2.29. The Hall–Kier alpha value is -1.26. The highest BCUT2D eigenvalue weighted by atomic mass is 35.5. The van der Waals surface area contributed by atoms with Crippen LogP contribution in [0.25, 0.3) is 0 Å². The van der Waals surface area contributed by atoms with Crippen molar-refractivity contribution in [3.8, 4) is 5.75 Å².